The quantitative estimate of drug-likeness (QED) is 0.229. The minimum Gasteiger partial charge on any atom is -0.493 e. The van der Waals surface area contributed by atoms with Crippen molar-refractivity contribution in [3.05, 3.63) is 93.4 Å². The first-order valence-corrected chi connectivity index (χ1v) is 9.91. The van der Waals surface area contributed by atoms with Crippen molar-refractivity contribution in [3.63, 3.8) is 0 Å². The largest absolute Gasteiger partial charge is 0.493 e. The number of rotatable bonds is 7. The van der Waals surface area contributed by atoms with Crippen molar-refractivity contribution in [2.24, 2.45) is 0 Å². The van der Waals surface area contributed by atoms with Crippen molar-refractivity contribution in [1.82, 2.24) is 0 Å². The summed E-state index contributed by atoms with van der Waals surface area (Å²) in [5, 5.41) is 0.682. The van der Waals surface area contributed by atoms with Gasteiger partial charge in [0.05, 0.1) is 7.11 Å². The molecule has 0 aromatic heterocycles. The van der Waals surface area contributed by atoms with Crippen molar-refractivity contribution in [1.29, 1.82) is 0 Å². The molecule has 0 N–H and O–H groups in total. The maximum atomic E-state index is 12.0. The Morgan fingerprint density at radius 3 is 2.41 bits per heavy atom. The van der Waals surface area contributed by atoms with Gasteiger partial charge in [0.15, 0.2) is 11.5 Å². The third-order valence-corrected chi connectivity index (χ3v) is 4.72. The molecule has 3 rings (SSSR count). The first-order chi connectivity index (χ1) is 14.0. The van der Waals surface area contributed by atoms with E-state index in [0.717, 1.165) is 15.6 Å². The highest BCUT2D eigenvalue weighted by Gasteiger charge is 2.06. The fourth-order valence-corrected chi connectivity index (χ4v) is 2.86. The minimum atomic E-state index is -0.464. The van der Waals surface area contributed by atoms with Gasteiger partial charge in [0.25, 0.3) is 0 Å². The van der Waals surface area contributed by atoms with Gasteiger partial charge in [0.2, 0.25) is 0 Å². The highest BCUT2D eigenvalue weighted by Crippen LogP contribution is 2.29. The topological polar surface area (TPSA) is 44.8 Å². The van der Waals surface area contributed by atoms with E-state index >= 15 is 0 Å². The zero-order valence-electron chi connectivity index (χ0n) is 15.6. The van der Waals surface area contributed by atoms with Crippen LogP contribution in [0.4, 0.5) is 0 Å². The van der Waals surface area contributed by atoms with Crippen molar-refractivity contribution in [3.8, 4) is 17.2 Å². The Kier molecular flexibility index (Phi) is 7.33. The molecule has 0 amide bonds. The van der Waals surface area contributed by atoms with E-state index in [1.54, 1.807) is 49.6 Å². The molecule has 0 unspecified atom stereocenters. The number of hydrogen-bond donors (Lipinski definition) is 0. The number of ether oxygens (including phenoxy) is 3. The smallest absolute Gasteiger partial charge is 0.336 e. The molecule has 0 bridgehead atoms. The van der Waals surface area contributed by atoms with Gasteiger partial charge in [-0.2, -0.15) is 0 Å². The predicted octanol–water partition coefficient (Wildman–Crippen LogP) is 6.31. The number of halogens is 2. The van der Waals surface area contributed by atoms with Gasteiger partial charge in [-0.25, -0.2) is 4.79 Å². The standard InChI is InChI=1S/C23H18BrClO4/c1-27-22-14-16(5-13-23(26)29-20-10-6-18(24)7-11-20)4-12-21(22)28-15-17-2-8-19(25)9-3-17/h2-14H,15H2,1H3/b13-5+. The van der Waals surface area contributed by atoms with E-state index in [1.807, 2.05) is 30.3 Å². The summed E-state index contributed by atoms with van der Waals surface area (Å²) in [6.45, 7) is 0.391. The number of methoxy groups -OCH3 is 1. The van der Waals surface area contributed by atoms with Crippen LogP contribution < -0.4 is 14.2 Å². The molecular weight excluding hydrogens is 456 g/mol. The van der Waals surface area contributed by atoms with Gasteiger partial charge in [-0.05, 0) is 65.7 Å². The Bertz CT molecular complexity index is 998. The normalized spacial score (nSPS) is 10.7. The van der Waals surface area contributed by atoms with E-state index in [9.17, 15) is 4.79 Å². The number of carbonyl (C=O) groups is 1. The van der Waals surface area contributed by atoms with E-state index < -0.39 is 5.97 Å². The molecule has 0 radical (unpaired) electrons. The molecule has 0 aliphatic rings. The fourth-order valence-electron chi connectivity index (χ4n) is 2.47. The lowest BCUT2D eigenvalue weighted by atomic mass is 10.2. The average molecular weight is 474 g/mol. The lowest BCUT2D eigenvalue weighted by molar-refractivity contribution is -0.128. The molecule has 3 aromatic rings. The molecule has 6 heteroatoms. The van der Waals surface area contributed by atoms with Gasteiger partial charge in [-0.1, -0.05) is 45.7 Å². The number of esters is 1. The molecule has 148 valence electrons. The van der Waals surface area contributed by atoms with Crippen molar-refractivity contribution >= 4 is 39.6 Å². The number of hydrogen-bond acceptors (Lipinski definition) is 4. The molecule has 3 aromatic carbocycles. The summed E-state index contributed by atoms with van der Waals surface area (Å²) in [7, 11) is 1.57. The van der Waals surface area contributed by atoms with Crippen LogP contribution >= 0.6 is 27.5 Å². The van der Waals surface area contributed by atoms with Gasteiger partial charge in [0, 0.05) is 15.6 Å². The Labute approximate surface area is 182 Å². The third-order valence-electron chi connectivity index (χ3n) is 3.94. The average Bonchev–Trinajstić information content (AvgIpc) is 2.74. The van der Waals surface area contributed by atoms with Crippen molar-refractivity contribution < 1.29 is 19.0 Å². The third kappa shape index (κ3) is 6.38. The molecule has 29 heavy (non-hydrogen) atoms. The lowest BCUT2D eigenvalue weighted by Crippen LogP contribution is -2.03. The van der Waals surface area contributed by atoms with Crippen LogP contribution in [0.3, 0.4) is 0 Å². The Morgan fingerprint density at radius 1 is 1.00 bits per heavy atom. The number of benzene rings is 3. The molecule has 0 fully saturated rings. The van der Waals surface area contributed by atoms with E-state index in [0.29, 0.717) is 28.9 Å². The van der Waals surface area contributed by atoms with E-state index in [-0.39, 0.29) is 0 Å². The summed E-state index contributed by atoms with van der Waals surface area (Å²) in [5.41, 5.74) is 1.78. The van der Waals surface area contributed by atoms with Crippen LogP contribution in [0.25, 0.3) is 6.08 Å². The predicted molar refractivity (Wildman–Crippen MR) is 118 cm³/mol. The van der Waals surface area contributed by atoms with Crippen LogP contribution in [-0.2, 0) is 11.4 Å². The van der Waals surface area contributed by atoms with Crippen LogP contribution in [0, 0.1) is 0 Å². The second-order valence-corrected chi connectivity index (χ2v) is 7.39. The molecular formula is C23H18BrClO4. The Hall–Kier alpha value is -2.76. The number of carbonyl (C=O) groups excluding carboxylic acids is 1. The summed E-state index contributed by atoms with van der Waals surface area (Å²) < 4.78 is 17.4. The molecule has 0 aliphatic heterocycles. The van der Waals surface area contributed by atoms with Gasteiger partial charge in [-0.15, -0.1) is 0 Å². The van der Waals surface area contributed by atoms with Crippen molar-refractivity contribution in [2.75, 3.05) is 7.11 Å². The Morgan fingerprint density at radius 2 is 1.72 bits per heavy atom. The molecule has 0 heterocycles. The van der Waals surface area contributed by atoms with Crippen LogP contribution in [0.15, 0.2) is 77.3 Å². The zero-order chi connectivity index (χ0) is 20.6. The lowest BCUT2D eigenvalue weighted by Gasteiger charge is -2.11. The van der Waals surface area contributed by atoms with Crippen LogP contribution in [-0.4, -0.2) is 13.1 Å². The molecule has 0 spiro atoms. The summed E-state index contributed by atoms with van der Waals surface area (Å²) in [4.78, 5) is 12.0. The second-order valence-electron chi connectivity index (χ2n) is 6.03. The van der Waals surface area contributed by atoms with Crippen LogP contribution in [0.1, 0.15) is 11.1 Å². The maximum Gasteiger partial charge on any atom is 0.336 e. The Balaban J connectivity index is 1.62. The first-order valence-electron chi connectivity index (χ1n) is 8.74. The maximum absolute atomic E-state index is 12.0. The second kappa shape index (κ2) is 10.1. The highest BCUT2D eigenvalue weighted by atomic mass is 79.9. The van der Waals surface area contributed by atoms with Crippen molar-refractivity contribution in [2.45, 2.75) is 6.61 Å². The van der Waals surface area contributed by atoms with Gasteiger partial charge < -0.3 is 14.2 Å². The summed E-state index contributed by atoms with van der Waals surface area (Å²) in [6, 6.07) is 19.9. The van der Waals surface area contributed by atoms with Gasteiger partial charge in [0.1, 0.15) is 12.4 Å². The summed E-state index contributed by atoms with van der Waals surface area (Å²) in [6.07, 6.45) is 3.03. The SMILES string of the molecule is COc1cc(/C=C/C(=O)Oc2ccc(Br)cc2)ccc1OCc1ccc(Cl)cc1. The molecule has 4 nitrogen and oxygen atoms in total. The zero-order valence-corrected chi connectivity index (χ0v) is 17.9. The van der Waals surface area contributed by atoms with E-state index in [2.05, 4.69) is 15.9 Å². The molecule has 0 saturated heterocycles. The highest BCUT2D eigenvalue weighted by molar-refractivity contribution is 9.10. The first kappa shape index (κ1) is 21.0. The molecule has 0 atom stereocenters. The minimum absolute atomic E-state index is 0.391. The van der Waals surface area contributed by atoms with Crippen LogP contribution in [0.2, 0.25) is 5.02 Å². The van der Waals surface area contributed by atoms with Crippen LogP contribution in [0.5, 0.6) is 17.2 Å². The summed E-state index contributed by atoms with van der Waals surface area (Å²) >= 11 is 9.23. The fraction of sp³-hybridized carbons (Fsp3) is 0.0870. The van der Waals surface area contributed by atoms with E-state index in [4.69, 9.17) is 25.8 Å². The summed E-state index contributed by atoms with van der Waals surface area (Å²) in [5.74, 6) is 1.19. The molecule has 0 aliphatic carbocycles. The van der Waals surface area contributed by atoms with Gasteiger partial charge in [-0.3, -0.25) is 0 Å². The monoisotopic (exact) mass is 472 g/mol. The molecule has 0 saturated carbocycles. The van der Waals surface area contributed by atoms with E-state index in [1.165, 1.54) is 6.08 Å². The van der Waals surface area contributed by atoms with Gasteiger partial charge >= 0.3 is 5.97 Å².